The van der Waals surface area contributed by atoms with Crippen LogP contribution in [0.3, 0.4) is 0 Å². The number of likely N-dealkylation sites (tertiary alicyclic amines) is 1. The van der Waals surface area contributed by atoms with Gasteiger partial charge in [0, 0.05) is 38.9 Å². The third kappa shape index (κ3) is 6.36. The highest BCUT2D eigenvalue weighted by molar-refractivity contribution is 14.0. The van der Waals surface area contributed by atoms with E-state index in [9.17, 15) is 4.79 Å². The minimum Gasteiger partial charge on any atom is -0.466 e. The molecule has 1 atom stereocenters. The van der Waals surface area contributed by atoms with Crippen molar-refractivity contribution in [2.45, 2.75) is 47.0 Å². The number of aryl methyl sites for hydroxylation is 2. The summed E-state index contributed by atoms with van der Waals surface area (Å²) in [7, 11) is 1.97. The molecule has 27 heavy (non-hydrogen) atoms. The van der Waals surface area contributed by atoms with Crippen LogP contribution in [0.2, 0.25) is 0 Å². The molecule has 0 bridgehead atoms. The van der Waals surface area contributed by atoms with Crippen LogP contribution in [0, 0.1) is 19.8 Å². The molecule has 2 heterocycles. The van der Waals surface area contributed by atoms with Gasteiger partial charge in [-0.05, 0) is 52.5 Å². The first kappa shape index (κ1) is 23.7. The molecule has 7 nitrogen and oxygen atoms in total. The maximum atomic E-state index is 12.1. The number of esters is 1. The summed E-state index contributed by atoms with van der Waals surface area (Å²) in [5.41, 5.74) is 3.55. The number of piperidine rings is 1. The Morgan fingerprint density at radius 1 is 1.37 bits per heavy atom. The Hall–Kier alpha value is -1.32. The molecule has 0 saturated carbocycles. The zero-order chi connectivity index (χ0) is 19.1. The van der Waals surface area contributed by atoms with Gasteiger partial charge in [-0.25, -0.2) is 0 Å². The number of nitrogens with zero attached hydrogens (tertiary/aromatic N) is 4. The fourth-order valence-electron chi connectivity index (χ4n) is 3.50. The summed E-state index contributed by atoms with van der Waals surface area (Å²) in [6, 6.07) is 0. The van der Waals surface area contributed by atoms with Crippen molar-refractivity contribution in [2.75, 3.05) is 32.8 Å². The predicted molar refractivity (Wildman–Crippen MR) is 119 cm³/mol. The second-order valence-electron chi connectivity index (χ2n) is 6.80. The van der Waals surface area contributed by atoms with Crippen molar-refractivity contribution in [3.8, 4) is 0 Å². The molecule has 0 aromatic carbocycles. The van der Waals surface area contributed by atoms with Gasteiger partial charge in [-0.15, -0.1) is 24.0 Å². The Labute approximate surface area is 179 Å². The number of aliphatic imine (C=N–C) groups is 1. The molecule has 8 heteroatoms. The van der Waals surface area contributed by atoms with E-state index >= 15 is 0 Å². The van der Waals surface area contributed by atoms with Gasteiger partial charge < -0.3 is 15.0 Å². The van der Waals surface area contributed by atoms with Gasteiger partial charge in [0.25, 0.3) is 0 Å². The molecule has 1 aliphatic rings. The minimum absolute atomic E-state index is 0. The number of hydrogen-bond acceptors (Lipinski definition) is 4. The van der Waals surface area contributed by atoms with E-state index in [2.05, 4.69) is 29.2 Å². The van der Waals surface area contributed by atoms with E-state index in [1.165, 1.54) is 11.3 Å². The summed E-state index contributed by atoms with van der Waals surface area (Å²) in [6.45, 7) is 11.6. The van der Waals surface area contributed by atoms with Gasteiger partial charge in [-0.2, -0.15) is 5.10 Å². The third-order valence-electron chi connectivity index (χ3n) is 4.96. The molecule has 154 valence electrons. The monoisotopic (exact) mass is 491 g/mol. The molecule has 0 amide bonds. The van der Waals surface area contributed by atoms with Crippen molar-refractivity contribution < 1.29 is 9.53 Å². The summed E-state index contributed by atoms with van der Waals surface area (Å²) >= 11 is 0. The van der Waals surface area contributed by atoms with Crippen LogP contribution in [0.25, 0.3) is 0 Å². The van der Waals surface area contributed by atoms with Gasteiger partial charge in [0.1, 0.15) is 0 Å². The maximum absolute atomic E-state index is 12.1. The van der Waals surface area contributed by atoms with Crippen molar-refractivity contribution in [3.05, 3.63) is 17.0 Å². The lowest BCUT2D eigenvalue weighted by Crippen LogP contribution is -2.48. The standard InChI is InChI=1S/C19H33N5O2.HI/c1-6-20-19(21-11-10-17-14(3)22-23(5)15(17)4)24-12-8-9-16(13-24)18(25)26-7-2;/h16H,6-13H2,1-5H3,(H,20,21);1H. The van der Waals surface area contributed by atoms with Crippen LogP contribution in [-0.4, -0.2) is 59.4 Å². The molecule has 0 spiro atoms. The molecule has 1 aliphatic heterocycles. The zero-order valence-electron chi connectivity index (χ0n) is 17.2. The number of carbonyl (C=O) groups excluding carboxylic acids is 1. The molecular weight excluding hydrogens is 457 g/mol. The first-order valence-corrected chi connectivity index (χ1v) is 9.66. The summed E-state index contributed by atoms with van der Waals surface area (Å²) in [6.07, 6.45) is 2.74. The number of ether oxygens (including phenoxy) is 1. The number of carbonyl (C=O) groups is 1. The van der Waals surface area contributed by atoms with Gasteiger partial charge in [0.2, 0.25) is 0 Å². The summed E-state index contributed by atoms with van der Waals surface area (Å²) in [4.78, 5) is 19.1. The van der Waals surface area contributed by atoms with E-state index in [-0.39, 0.29) is 35.9 Å². The van der Waals surface area contributed by atoms with E-state index in [1.54, 1.807) is 0 Å². The number of aromatic nitrogens is 2. The van der Waals surface area contributed by atoms with Crippen LogP contribution >= 0.6 is 24.0 Å². The topological polar surface area (TPSA) is 71.8 Å². The molecular formula is C19H34IN5O2. The second-order valence-corrected chi connectivity index (χ2v) is 6.80. The van der Waals surface area contributed by atoms with E-state index in [0.717, 1.165) is 44.0 Å². The van der Waals surface area contributed by atoms with Gasteiger partial charge in [0.05, 0.1) is 18.2 Å². The summed E-state index contributed by atoms with van der Waals surface area (Å²) < 4.78 is 7.13. The smallest absolute Gasteiger partial charge is 0.310 e. The van der Waals surface area contributed by atoms with Gasteiger partial charge in [-0.3, -0.25) is 14.5 Å². The van der Waals surface area contributed by atoms with Gasteiger partial charge >= 0.3 is 5.97 Å². The molecule has 0 aliphatic carbocycles. The molecule has 0 radical (unpaired) electrons. The van der Waals surface area contributed by atoms with Crippen molar-refractivity contribution in [3.63, 3.8) is 0 Å². The van der Waals surface area contributed by atoms with Crippen molar-refractivity contribution >= 4 is 35.9 Å². The van der Waals surface area contributed by atoms with Crippen molar-refractivity contribution in [2.24, 2.45) is 18.0 Å². The Bertz CT molecular complexity index is 644. The molecule has 1 N–H and O–H groups in total. The predicted octanol–water partition coefficient (Wildman–Crippen LogP) is 2.44. The average Bonchev–Trinajstić information content (AvgIpc) is 2.87. The average molecular weight is 491 g/mol. The van der Waals surface area contributed by atoms with Crippen LogP contribution in [0.15, 0.2) is 4.99 Å². The number of rotatable bonds is 6. The van der Waals surface area contributed by atoms with Crippen LogP contribution in [0.4, 0.5) is 0 Å². The maximum Gasteiger partial charge on any atom is 0.310 e. The van der Waals surface area contributed by atoms with Gasteiger partial charge in [-0.1, -0.05) is 0 Å². The van der Waals surface area contributed by atoms with E-state index in [1.807, 2.05) is 25.6 Å². The van der Waals surface area contributed by atoms with Crippen LogP contribution in [0.1, 0.15) is 43.6 Å². The fraction of sp³-hybridized carbons (Fsp3) is 0.737. The van der Waals surface area contributed by atoms with Gasteiger partial charge in [0.15, 0.2) is 5.96 Å². The molecule has 1 unspecified atom stereocenters. The Morgan fingerprint density at radius 2 is 2.11 bits per heavy atom. The van der Waals surface area contributed by atoms with E-state index in [0.29, 0.717) is 19.7 Å². The van der Waals surface area contributed by atoms with Crippen LogP contribution in [0.5, 0.6) is 0 Å². The van der Waals surface area contributed by atoms with E-state index in [4.69, 9.17) is 9.73 Å². The first-order chi connectivity index (χ1) is 12.5. The lowest BCUT2D eigenvalue weighted by molar-refractivity contribution is -0.149. The normalized spacial score (nSPS) is 17.4. The second kappa shape index (κ2) is 11.5. The summed E-state index contributed by atoms with van der Waals surface area (Å²) in [5, 5.41) is 7.84. The van der Waals surface area contributed by atoms with Crippen LogP contribution < -0.4 is 5.32 Å². The lowest BCUT2D eigenvalue weighted by Gasteiger charge is -2.34. The quantitative estimate of drug-likeness (QED) is 0.287. The molecule has 1 fully saturated rings. The van der Waals surface area contributed by atoms with Crippen molar-refractivity contribution in [1.29, 1.82) is 0 Å². The third-order valence-corrected chi connectivity index (χ3v) is 4.96. The van der Waals surface area contributed by atoms with E-state index < -0.39 is 0 Å². The Morgan fingerprint density at radius 3 is 2.70 bits per heavy atom. The molecule has 1 saturated heterocycles. The molecule has 1 aromatic heterocycles. The molecule has 1 aromatic rings. The highest BCUT2D eigenvalue weighted by Gasteiger charge is 2.28. The SMILES string of the molecule is CCNC(=NCCc1c(C)nn(C)c1C)N1CCCC(C(=O)OCC)C1.I. The number of nitrogens with one attached hydrogen (secondary N) is 1. The Kier molecular flexibility index (Phi) is 10.1. The number of guanidine groups is 1. The largest absolute Gasteiger partial charge is 0.466 e. The first-order valence-electron chi connectivity index (χ1n) is 9.66. The zero-order valence-corrected chi connectivity index (χ0v) is 19.6. The van der Waals surface area contributed by atoms with Crippen LogP contribution in [-0.2, 0) is 23.0 Å². The number of hydrogen-bond donors (Lipinski definition) is 1. The molecule has 2 rings (SSSR count). The highest BCUT2D eigenvalue weighted by Crippen LogP contribution is 2.18. The fourth-order valence-corrected chi connectivity index (χ4v) is 3.50. The minimum atomic E-state index is -0.0883. The number of halogens is 1. The van der Waals surface area contributed by atoms with Crippen molar-refractivity contribution in [1.82, 2.24) is 20.0 Å². The highest BCUT2D eigenvalue weighted by atomic mass is 127. The Balaban J connectivity index is 0.00000364. The summed E-state index contributed by atoms with van der Waals surface area (Å²) in [5.74, 6) is 0.741. The lowest BCUT2D eigenvalue weighted by atomic mass is 9.98.